The van der Waals surface area contributed by atoms with Gasteiger partial charge < -0.3 is 10.0 Å². The summed E-state index contributed by atoms with van der Waals surface area (Å²) in [7, 11) is 0. The Morgan fingerprint density at radius 1 is 1.50 bits per heavy atom. The van der Waals surface area contributed by atoms with Crippen LogP contribution in [0.5, 0.6) is 0 Å². The summed E-state index contributed by atoms with van der Waals surface area (Å²) in [5, 5.41) is 22.5. The van der Waals surface area contributed by atoms with E-state index < -0.39 is 0 Å². The van der Waals surface area contributed by atoms with Gasteiger partial charge in [0.2, 0.25) is 5.91 Å². The van der Waals surface area contributed by atoms with Crippen LogP contribution >= 0.6 is 0 Å². The molecular weight excluding hydrogens is 282 g/mol. The fraction of sp³-hybridized carbons (Fsp3) is 0.467. The van der Waals surface area contributed by atoms with E-state index in [0.717, 1.165) is 17.0 Å². The summed E-state index contributed by atoms with van der Waals surface area (Å²) >= 11 is 0. The molecule has 114 valence electrons. The third-order valence-electron chi connectivity index (χ3n) is 4.13. The molecule has 1 aliphatic rings. The van der Waals surface area contributed by atoms with E-state index in [4.69, 9.17) is 5.26 Å². The van der Waals surface area contributed by atoms with E-state index in [1.807, 2.05) is 13.8 Å². The SMILES string of the molecule is Cc1nc2c(C#N)cnn2c(C)c1CCC(=O)N1CC(O)C1. The van der Waals surface area contributed by atoms with Crippen LogP contribution in [0.15, 0.2) is 6.20 Å². The summed E-state index contributed by atoms with van der Waals surface area (Å²) in [5.41, 5.74) is 3.70. The Kier molecular flexibility index (Phi) is 3.54. The van der Waals surface area contributed by atoms with Gasteiger partial charge in [0.1, 0.15) is 11.6 Å². The van der Waals surface area contributed by atoms with E-state index in [9.17, 15) is 9.90 Å². The number of likely N-dealkylation sites (tertiary alicyclic amines) is 1. The number of aliphatic hydroxyl groups excluding tert-OH is 1. The van der Waals surface area contributed by atoms with Crippen molar-refractivity contribution in [2.45, 2.75) is 32.8 Å². The lowest BCUT2D eigenvalue weighted by Crippen LogP contribution is -2.53. The lowest BCUT2D eigenvalue weighted by Gasteiger charge is -2.36. The summed E-state index contributed by atoms with van der Waals surface area (Å²) in [6, 6.07) is 2.08. The molecule has 3 heterocycles. The summed E-state index contributed by atoms with van der Waals surface area (Å²) < 4.78 is 1.65. The number of aliphatic hydroxyl groups is 1. The van der Waals surface area contributed by atoms with Gasteiger partial charge in [-0.3, -0.25) is 4.79 Å². The highest BCUT2D eigenvalue weighted by molar-refractivity contribution is 5.77. The van der Waals surface area contributed by atoms with E-state index >= 15 is 0 Å². The third-order valence-corrected chi connectivity index (χ3v) is 4.13. The molecule has 1 saturated heterocycles. The predicted molar refractivity (Wildman–Crippen MR) is 78.1 cm³/mol. The Morgan fingerprint density at radius 3 is 2.86 bits per heavy atom. The van der Waals surface area contributed by atoms with Crippen LogP contribution in [-0.4, -0.2) is 49.7 Å². The lowest BCUT2D eigenvalue weighted by molar-refractivity contribution is -0.141. The first kappa shape index (κ1) is 14.5. The maximum absolute atomic E-state index is 12.0. The number of fused-ring (bicyclic) bond motifs is 1. The molecule has 22 heavy (non-hydrogen) atoms. The Balaban J connectivity index is 1.82. The zero-order valence-electron chi connectivity index (χ0n) is 12.6. The van der Waals surface area contributed by atoms with Crippen molar-refractivity contribution >= 4 is 11.6 Å². The molecule has 7 heteroatoms. The number of rotatable bonds is 3. The van der Waals surface area contributed by atoms with Crippen molar-refractivity contribution in [3.05, 3.63) is 28.7 Å². The summed E-state index contributed by atoms with van der Waals surface area (Å²) in [6.45, 7) is 4.66. The van der Waals surface area contributed by atoms with Crippen molar-refractivity contribution < 1.29 is 9.90 Å². The number of hydrogen-bond donors (Lipinski definition) is 1. The third kappa shape index (κ3) is 2.31. The monoisotopic (exact) mass is 299 g/mol. The molecule has 0 atom stereocenters. The Bertz CT molecular complexity index is 783. The van der Waals surface area contributed by atoms with E-state index in [0.29, 0.717) is 37.1 Å². The predicted octanol–water partition coefficient (Wildman–Crippen LogP) is 0.354. The first-order valence-corrected chi connectivity index (χ1v) is 7.21. The molecule has 0 aromatic carbocycles. The van der Waals surface area contributed by atoms with Crippen LogP contribution in [0.1, 0.15) is 28.9 Å². The van der Waals surface area contributed by atoms with E-state index in [2.05, 4.69) is 16.2 Å². The molecule has 1 aliphatic heterocycles. The van der Waals surface area contributed by atoms with Gasteiger partial charge in [-0.25, -0.2) is 9.50 Å². The van der Waals surface area contributed by atoms with Gasteiger partial charge in [-0.05, 0) is 25.8 Å². The summed E-state index contributed by atoms with van der Waals surface area (Å²) in [4.78, 5) is 18.1. The number of hydrogen-bond acceptors (Lipinski definition) is 5. The summed E-state index contributed by atoms with van der Waals surface area (Å²) in [5.74, 6) is 0.0439. The van der Waals surface area contributed by atoms with Gasteiger partial charge in [0, 0.05) is 30.9 Å². The number of aromatic nitrogens is 3. The van der Waals surface area contributed by atoms with Gasteiger partial charge in [-0.1, -0.05) is 0 Å². The van der Waals surface area contributed by atoms with Crippen LogP contribution in [0.3, 0.4) is 0 Å². The van der Waals surface area contributed by atoms with Crippen molar-refractivity contribution in [2.75, 3.05) is 13.1 Å². The second-order valence-corrected chi connectivity index (χ2v) is 5.62. The van der Waals surface area contributed by atoms with Crippen LogP contribution in [-0.2, 0) is 11.2 Å². The maximum atomic E-state index is 12.0. The Hall–Kier alpha value is -2.46. The average Bonchev–Trinajstić information content (AvgIpc) is 2.86. The molecular formula is C15H17N5O2. The average molecular weight is 299 g/mol. The molecule has 0 unspecified atom stereocenters. The normalized spacial score (nSPS) is 14.9. The van der Waals surface area contributed by atoms with Crippen LogP contribution in [0.4, 0.5) is 0 Å². The number of nitriles is 1. The smallest absolute Gasteiger partial charge is 0.223 e. The highest BCUT2D eigenvalue weighted by Gasteiger charge is 2.28. The van der Waals surface area contributed by atoms with Gasteiger partial charge in [-0.2, -0.15) is 10.4 Å². The molecule has 1 fully saturated rings. The zero-order valence-corrected chi connectivity index (χ0v) is 12.6. The summed E-state index contributed by atoms with van der Waals surface area (Å²) in [6.07, 6.45) is 2.09. The maximum Gasteiger partial charge on any atom is 0.223 e. The number of carbonyl (C=O) groups excluding carboxylic acids is 1. The van der Waals surface area contributed by atoms with Crippen molar-refractivity contribution in [3.8, 4) is 6.07 Å². The molecule has 1 N–H and O–H groups in total. The van der Waals surface area contributed by atoms with Gasteiger partial charge >= 0.3 is 0 Å². The van der Waals surface area contributed by atoms with Crippen molar-refractivity contribution in [1.82, 2.24) is 19.5 Å². The standard InChI is InChI=1S/C15H17N5O2/c1-9-13(3-4-14(22)19-7-12(21)8-19)10(2)20-15(18-9)11(5-16)6-17-20/h6,12,21H,3-4,7-8H2,1-2H3. The number of aryl methyl sites for hydroxylation is 2. The Labute approximate surface area is 127 Å². The fourth-order valence-electron chi connectivity index (χ4n) is 2.80. The second kappa shape index (κ2) is 5.39. The largest absolute Gasteiger partial charge is 0.389 e. The number of β-amino-alcohol motifs (C(OH)–C–C–N with tert-alkyl or cyclic N) is 1. The number of nitrogens with zero attached hydrogens (tertiary/aromatic N) is 5. The van der Waals surface area contributed by atoms with Crippen molar-refractivity contribution in [1.29, 1.82) is 5.26 Å². The van der Waals surface area contributed by atoms with Crippen molar-refractivity contribution in [3.63, 3.8) is 0 Å². The lowest BCUT2D eigenvalue weighted by atomic mass is 10.0. The minimum atomic E-state index is -0.376. The molecule has 7 nitrogen and oxygen atoms in total. The second-order valence-electron chi connectivity index (χ2n) is 5.62. The molecule has 2 aromatic rings. The minimum Gasteiger partial charge on any atom is -0.389 e. The van der Waals surface area contributed by atoms with Crippen LogP contribution in [0.2, 0.25) is 0 Å². The van der Waals surface area contributed by atoms with E-state index in [1.54, 1.807) is 9.42 Å². The molecule has 0 bridgehead atoms. The number of amides is 1. The molecule has 0 radical (unpaired) electrons. The van der Waals surface area contributed by atoms with E-state index in [1.165, 1.54) is 6.20 Å². The van der Waals surface area contributed by atoms with Gasteiger partial charge in [0.15, 0.2) is 5.65 Å². The van der Waals surface area contributed by atoms with Gasteiger partial charge in [-0.15, -0.1) is 0 Å². The molecule has 0 spiro atoms. The molecule has 3 rings (SSSR count). The highest BCUT2D eigenvalue weighted by Crippen LogP contribution is 2.19. The topological polar surface area (TPSA) is 94.5 Å². The zero-order chi connectivity index (χ0) is 15.9. The van der Waals surface area contributed by atoms with Crippen LogP contribution in [0, 0.1) is 25.2 Å². The quantitative estimate of drug-likeness (QED) is 0.882. The van der Waals surface area contributed by atoms with Crippen molar-refractivity contribution in [2.24, 2.45) is 0 Å². The molecule has 0 saturated carbocycles. The minimum absolute atomic E-state index is 0.0439. The molecule has 1 amide bonds. The fourth-order valence-corrected chi connectivity index (χ4v) is 2.80. The number of carbonyl (C=O) groups is 1. The van der Waals surface area contributed by atoms with Gasteiger partial charge in [0.05, 0.1) is 12.3 Å². The van der Waals surface area contributed by atoms with E-state index in [-0.39, 0.29) is 12.0 Å². The highest BCUT2D eigenvalue weighted by atomic mass is 16.3. The first-order valence-electron chi connectivity index (χ1n) is 7.21. The first-order chi connectivity index (χ1) is 10.5. The van der Waals surface area contributed by atoms with Crippen LogP contribution < -0.4 is 0 Å². The molecule has 0 aliphatic carbocycles. The molecule has 2 aromatic heterocycles. The van der Waals surface area contributed by atoms with Crippen LogP contribution in [0.25, 0.3) is 5.65 Å². The Morgan fingerprint density at radius 2 is 2.23 bits per heavy atom. The van der Waals surface area contributed by atoms with Gasteiger partial charge in [0.25, 0.3) is 0 Å².